The van der Waals surface area contributed by atoms with Gasteiger partial charge in [0.05, 0.1) is 6.54 Å². The fourth-order valence-electron chi connectivity index (χ4n) is 5.31. The van der Waals surface area contributed by atoms with Gasteiger partial charge < -0.3 is 10.6 Å². The summed E-state index contributed by atoms with van der Waals surface area (Å²) in [5.41, 5.74) is 1.75. The SMILES string of the molecule is CCC(c1ccc(Cl)cc1)N1[C@@H]2CC[C@H]1CC(NC(=O)CNC(=O)c1cccc(Cl)c1)C2. The second-order valence-corrected chi connectivity index (χ2v) is 9.61. The topological polar surface area (TPSA) is 61.4 Å². The molecule has 2 aliphatic rings. The Morgan fingerprint density at radius 2 is 1.72 bits per heavy atom. The Kier molecular flexibility index (Phi) is 7.39. The first-order valence-electron chi connectivity index (χ1n) is 11.3. The number of fused-ring (bicyclic) bond motifs is 2. The van der Waals surface area contributed by atoms with Crippen molar-refractivity contribution in [3.63, 3.8) is 0 Å². The van der Waals surface area contributed by atoms with Gasteiger partial charge in [0, 0.05) is 39.8 Å². The van der Waals surface area contributed by atoms with E-state index in [1.54, 1.807) is 24.3 Å². The van der Waals surface area contributed by atoms with Gasteiger partial charge in [0.2, 0.25) is 5.91 Å². The second-order valence-electron chi connectivity index (χ2n) is 8.74. The monoisotopic (exact) mass is 473 g/mol. The number of carbonyl (C=O) groups excluding carboxylic acids is 2. The van der Waals surface area contributed by atoms with Crippen LogP contribution >= 0.6 is 23.2 Å². The minimum atomic E-state index is -0.300. The lowest BCUT2D eigenvalue weighted by Crippen LogP contribution is -2.52. The third-order valence-corrected chi connectivity index (χ3v) is 7.14. The van der Waals surface area contributed by atoms with Gasteiger partial charge in [-0.3, -0.25) is 14.5 Å². The van der Waals surface area contributed by atoms with Gasteiger partial charge >= 0.3 is 0 Å². The van der Waals surface area contributed by atoms with Gasteiger partial charge in [0.1, 0.15) is 0 Å². The molecule has 32 heavy (non-hydrogen) atoms. The predicted octanol–water partition coefficient (Wildman–Crippen LogP) is 4.99. The summed E-state index contributed by atoms with van der Waals surface area (Å²) in [4.78, 5) is 27.4. The molecule has 170 valence electrons. The first-order valence-corrected chi connectivity index (χ1v) is 12.1. The van der Waals surface area contributed by atoms with Crippen molar-refractivity contribution in [1.82, 2.24) is 15.5 Å². The van der Waals surface area contributed by atoms with Gasteiger partial charge in [-0.1, -0.05) is 48.3 Å². The number of benzene rings is 2. The number of nitrogens with zero attached hydrogens (tertiary/aromatic N) is 1. The fourth-order valence-corrected chi connectivity index (χ4v) is 5.63. The molecule has 2 fully saturated rings. The zero-order chi connectivity index (χ0) is 22.7. The van der Waals surface area contributed by atoms with Crippen LogP contribution in [0.15, 0.2) is 48.5 Å². The number of amides is 2. The molecule has 4 atom stereocenters. The van der Waals surface area contributed by atoms with E-state index in [9.17, 15) is 9.59 Å². The number of piperidine rings is 1. The summed E-state index contributed by atoms with van der Waals surface area (Å²) in [5.74, 6) is -0.450. The van der Waals surface area contributed by atoms with E-state index in [1.807, 2.05) is 12.1 Å². The van der Waals surface area contributed by atoms with Crippen molar-refractivity contribution in [1.29, 1.82) is 0 Å². The summed E-state index contributed by atoms with van der Waals surface area (Å²) in [7, 11) is 0. The van der Waals surface area contributed by atoms with Crippen LogP contribution in [0.5, 0.6) is 0 Å². The Labute approximate surface area is 199 Å². The van der Waals surface area contributed by atoms with Crippen LogP contribution in [0.1, 0.15) is 61.0 Å². The highest BCUT2D eigenvalue weighted by Crippen LogP contribution is 2.42. The van der Waals surface area contributed by atoms with Crippen molar-refractivity contribution in [3.8, 4) is 0 Å². The maximum atomic E-state index is 12.5. The highest BCUT2D eigenvalue weighted by molar-refractivity contribution is 6.31. The zero-order valence-corrected chi connectivity index (χ0v) is 19.7. The lowest BCUT2D eigenvalue weighted by atomic mass is 9.92. The van der Waals surface area contributed by atoms with Crippen LogP contribution < -0.4 is 10.6 Å². The number of halogens is 2. The molecule has 5 nitrogen and oxygen atoms in total. The molecule has 2 amide bonds. The molecule has 2 aliphatic heterocycles. The molecule has 4 rings (SSSR count). The molecule has 2 heterocycles. The van der Waals surface area contributed by atoms with Gasteiger partial charge in [-0.15, -0.1) is 0 Å². The van der Waals surface area contributed by atoms with Crippen LogP contribution in [0.25, 0.3) is 0 Å². The summed E-state index contributed by atoms with van der Waals surface area (Å²) >= 11 is 12.0. The maximum absolute atomic E-state index is 12.5. The van der Waals surface area contributed by atoms with E-state index in [2.05, 4.69) is 34.6 Å². The molecule has 0 saturated carbocycles. The Morgan fingerprint density at radius 3 is 2.34 bits per heavy atom. The summed E-state index contributed by atoms with van der Waals surface area (Å²) < 4.78 is 0. The summed E-state index contributed by atoms with van der Waals surface area (Å²) in [6.07, 6.45) is 5.24. The maximum Gasteiger partial charge on any atom is 0.251 e. The van der Waals surface area contributed by atoms with Crippen LogP contribution in [-0.2, 0) is 4.79 Å². The normalized spacial score (nSPS) is 23.5. The molecule has 0 radical (unpaired) electrons. The van der Waals surface area contributed by atoms with E-state index >= 15 is 0 Å². The van der Waals surface area contributed by atoms with Crippen LogP contribution in [0.3, 0.4) is 0 Å². The van der Waals surface area contributed by atoms with Crippen molar-refractivity contribution in [2.45, 2.75) is 63.2 Å². The Bertz CT molecular complexity index is 952. The van der Waals surface area contributed by atoms with Crippen molar-refractivity contribution in [3.05, 3.63) is 69.7 Å². The smallest absolute Gasteiger partial charge is 0.251 e. The minimum Gasteiger partial charge on any atom is -0.352 e. The van der Waals surface area contributed by atoms with E-state index in [1.165, 1.54) is 5.56 Å². The molecular weight excluding hydrogens is 445 g/mol. The molecule has 2 saturated heterocycles. The lowest BCUT2D eigenvalue weighted by molar-refractivity contribution is -0.121. The third kappa shape index (κ3) is 5.28. The number of hydrogen-bond acceptors (Lipinski definition) is 3. The Balaban J connectivity index is 1.31. The van der Waals surface area contributed by atoms with Crippen molar-refractivity contribution < 1.29 is 9.59 Å². The minimum absolute atomic E-state index is 0.0384. The van der Waals surface area contributed by atoms with Crippen LogP contribution in [0.4, 0.5) is 0 Å². The molecule has 2 bridgehead atoms. The first-order chi connectivity index (χ1) is 15.4. The number of rotatable bonds is 7. The number of hydrogen-bond donors (Lipinski definition) is 2. The van der Waals surface area contributed by atoms with Crippen LogP contribution in [0.2, 0.25) is 10.0 Å². The molecule has 2 unspecified atom stereocenters. The van der Waals surface area contributed by atoms with Crippen molar-refractivity contribution in [2.75, 3.05) is 6.54 Å². The van der Waals surface area contributed by atoms with E-state index < -0.39 is 0 Å². The van der Waals surface area contributed by atoms with E-state index in [4.69, 9.17) is 23.2 Å². The number of nitrogens with one attached hydrogen (secondary N) is 2. The summed E-state index contributed by atoms with van der Waals surface area (Å²) in [6, 6.07) is 16.3. The van der Waals surface area contributed by atoms with Crippen LogP contribution in [0, 0.1) is 0 Å². The summed E-state index contributed by atoms with van der Waals surface area (Å²) in [5, 5.41) is 7.08. The highest BCUT2D eigenvalue weighted by Gasteiger charge is 2.44. The largest absolute Gasteiger partial charge is 0.352 e. The van der Waals surface area contributed by atoms with Gasteiger partial charge in [-0.2, -0.15) is 0 Å². The first kappa shape index (κ1) is 23.1. The highest BCUT2D eigenvalue weighted by atomic mass is 35.5. The van der Waals surface area contributed by atoms with Crippen LogP contribution in [-0.4, -0.2) is 41.4 Å². The number of carbonyl (C=O) groups is 2. The molecule has 7 heteroatoms. The quantitative estimate of drug-likeness (QED) is 0.595. The van der Waals surface area contributed by atoms with E-state index in [0.29, 0.717) is 28.7 Å². The van der Waals surface area contributed by atoms with E-state index in [0.717, 1.165) is 37.1 Å². The fraction of sp³-hybridized carbons (Fsp3) is 0.440. The van der Waals surface area contributed by atoms with Gasteiger partial charge in [0.15, 0.2) is 0 Å². The molecule has 0 aromatic heterocycles. The standard InChI is InChI=1S/C25H29Cl2N3O2/c1-2-23(16-6-8-18(26)9-7-16)30-21-10-11-22(30)14-20(13-21)29-24(31)15-28-25(32)17-4-3-5-19(27)12-17/h3-9,12,20-23H,2,10-11,13-15H2,1H3,(H,28,32)(H,29,31)/t20?,21-,22+,23?. The van der Waals surface area contributed by atoms with Gasteiger partial charge in [0.25, 0.3) is 5.91 Å². The molecular formula is C25H29Cl2N3O2. The average Bonchev–Trinajstić information content (AvgIpc) is 3.03. The Morgan fingerprint density at radius 1 is 1.03 bits per heavy atom. The third-order valence-electron chi connectivity index (χ3n) is 6.65. The zero-order valence-electron chi connectivity index (χ0n) is 18.2. The summed E-state index contributed by atoms with van der Waals surface area (Å²) in [6.45, 7) is 2.19. The Hall–Kier alpha value is -2.08. The van der Waals surface area contributed by atoms with Crippen molar-refractivity contribution in [2.24, 2.45) is 0 Å². The predicted molar refractivity (Wildman–Crippen MR) is 128 cm³/mol. The lowest BCUT2D eigenvalue weighted by Gasteiger charge is -2.44. The van der Waals surface area contributed by atoms with Gasteiger partial charge in [-0.25, -0.2) is 0 Å². The molecule has 0 aliphatic carbocycles. The molecule has 0 spiro atoms. The van der Waals surface area contributed by atoms with E-state index in [-0.39, 0.29) is 24.4 Å². The second kappa shape index (κ2) is 10.2. The molecule has 2 aromatic rings. The average molecular weight is 474 g/mol. The van der Waals surface area contributed by atoms with Crippen molar-refractivity contribution >= 4 is 35.0 Å². The molecule has 2 aromatic carbocycles. The van der Waals surface area contributed by atoms with Gasteiger partial charge in [-0.05, 0) is 68.0 Å². The molecule has 2 N–H and O–H groups in total.